The zero-order chi connectivity index (χ0) is 16.8. The summed E-state index contributed by atoms with van der Waals surface area (Å²) in [5.41, 5.74) is -0.0213. The van der Waals surface area contributed by atoms with Crippen molar-refractivity contribution in [2.45, 2.75) is 38.8 Å². The van der Waals surface area contributed by atoms with Gasteiger partial charge in [-0.05, 0) is 6.42 Å². The third-order valence-electron chi connectivity index (χ3n) is 3.43. The summed E-state index contributed by atoms with van der Waals surface area (Å²) < 4.78 is 0. The van der Waals surface area contributed by atoms with E-state index >= 15 is 0 Å². The molecule has 126 valence electrons. The minimum atomic E-state index is -1.08. The number of hydrogen-bond acceptors (Lipinski definition) is 6. The molecule has 2 N–H and O–H groups in total. The highest BCUT2D eigenvalue weighted by molar-refractivity contribution is 7.99. The van der Waals surface area contributed by atoms with Crippen molar-refractivity contribution in [3.05, 3.63) is 16.1 Å². The lowest BCUT2D eigenvalue weighted by Gasteiger charge is -2.22. The molecule has 9 heteroatoms. The van der Waals surface area contributed by atoms with Gasteiger partial charge in [0, 0.05) is 17.6 Å². The van der Waals surface area contributed by atoms with E-state index in [-0.39, 0.29) is 24.1 Å². The summed E-state index contributed by atoms with van der Waals surface area (Å²) in [6.45, 7) is 2.20. The van der Waals surface area contributed by atoms with Crippen LogP contribution in [0.1, 0.15) is 41.7 Å². The fourth-order valence-corrected chi connectivity index (χ4v) is 4.04. The van der Waals surface area contributed by atoms with Crippen LogP contribution in [-0.2, 0) is 16.1 Å². The average molecular weight is 357 g/mol. The van der Waals surface area contributed by atoms with E-state index in [2.05, 4.69) is 10.3 Å². The standard InChI is InChI=1S/C14H19N3O4S2/c1-2-3-4-12(18)17-8-22-7-10(17)13(19)15-5-11-16-9(6-23-11)14(20)21/h6,10H,2-5,7-8H2,1H3,(H,15,19)(H,20,21). The molecular weight excluding hydrogens is 338 g/mol. The van der Waals surface area contributed by atoms with Crippen LogP contribution in [0, 0.1) is 0 Å². The Kier molecular flexibility index (Phi) is 6.40. The van der Waals surface area contributed by atoms with Crippen LogP contribution in [0.15, 0.2) is 5.38 Å². The molecule has 23 heavy (non-hydrogen) atoms. The minimum absolute atomic E-state index is 0.0133. The molecule has 2 heterocycles. The Morgan fingerprint density at radius 1 is 1.48 bits per heavy atom. The first-order valence-corrected chi connectivity index (χ1v) is 9.39. The fourth-order valence-electron chi connectivity index (χ4n) is 2.15. The quantitative estimate of drug-likeness (QED) is 0.768. The van der Waals surface area contributed by atoms with Gasteiger partial charge in [-0.15, -0.1) is 23.1 Å². The first kappa shape index (κ1) is 17.7. The van der Waals surface area contributed by atoms with Gasteiger partial charge in [-0.2, -0.15) is 0 Å². The molecule has 1 unspecified atom stereocenters. The summed E-state index contributed by atoms with van der Waals surface area (Å²) in [6.07, 6.45) is 2.24. The molecule has 1 saturated heterocycles. The number of aromatic carboxylic acids is 1. The first-order chi connectivity index (χ1) is 11.0. The second kappa shape index (κ2) is 8.30. The van der Waals surface area contributed by atoms with Crippen LogP contribution in [0.4, 0.5) is 0 Å². The molecule has 0 aliphatic carbocycles. The van der Waals surface area contributed by atoms with E-state index in [1.807, 2.05) is 6.92 Å². The Bertz CT molecular complexity index is 590. The molecule has 1 aliphatic heterocycles. The SMILES string of the molecule is CCCCC(=O)N1CSCC1C(=O)NCc1nc(C(=O)O)cs1. The highest BCUT2D eigenvalue weighted by Gasteiger charge is 2.34. The van der Waals surface area contributed by atoms with Crippen molar-refractivity contribution >= 4 is 40.9 Å². The molecule has 1 aliphatic rings. The molecule has 1 aromatic heterocycles. The molecule has 2 rings (SSSR count). The van der Waals surface area contributed by atoms with Crippen molar-refractivity contribution in [1.82, 2.24) is 15.2 Å². The number of carboxylic acid groups (broad SMARTS) is 1. The monoisotopic (exact) mass is 357 g/mol. The Morgan fingerprint density at radius 3 is 2.91 bits per heavy atom. The number of carboxylic acids is 1. The summed E-state index contributed by atoms with van der Waals surface area (Å²) >= 11 is 2.75. The number of thiazole rings is 1. The van der Waals surface area contributed by atoms with Crippen LogP contribution in [-0.4, -0.2) is 50.4 Å². The number of nitrogens with one attached hydrogen (secondary N) is 1. The Morgan fingerprint density at radius 2 is 2.26 bits per heavy atom. The van der Waals surface area contributed by atoms with Crippen molar-refractivity contribution in [3.8, 4) is 0 Å². The molecule has 0 spiro atoms. The normalized spacial score (nSPS) is 17.3. The van der Waals surface area contributed by atoms with E-state index in [1.54, 1.807) is 16.7 Å². The van der Waals surface area contributed by atoms with Gasteiger partial charge in [-0.25, -0.2) is 9.78 Å². The van der Waals surface area contributed by atoms with Gasteiger partial charge in [0.1, 0.15) is 11.0 Å². The second-order valence-electron chi connectivity index (χ2n) is 5.13. The minimum Gasteiger partial charge on any atom is -0.476 e. The van der Waals surface area contributed by atoms with E-state index < -0.39 is 12.0 Å². The van der Waals surface area contributed by atoms with Gasteiger partial charge in [0.15, 0.2) is 5.69 Å². The molecule has 0 aromatic carbocycles. The number of thioether (sulfide) groups is 1. The van der Waals surface area contributed by atoms with Crippen LogP contribution >= 0.6 is 23.1 Å². The average Bonchev–Trinajstić information content (AvgIpc) is 3.19. The maximum absolute atomic E-state index is 12.3. The highest BCUT2D eigenvalue weighted by atomic mass is 32.2. The third kappa shape index (κ3) is 4.68. The van der Waals surface area contributed by atoms with Crippen molar-refractivity contribution in [1.29, 1.82) is 0 Å². The van der Waals surface area contributed by atoms with Crippen LogP contribution in [0.3, 0.4) is 0 Å². The van der Waals surface area contributed by atoms with E-state index in [9.17, 15) is 14.4 Å². The van der Waals surface area contributed by atoms with Gasteiger partial charge >= 0.3 is 5.97 Å². The van der Waals surface area contributed by atoms with Crippen LogP contribution < -0.4 is 5.32 Å². The van der Waals surface area contributed by atoms with Gasteiger partial charge in [0.2, 0.25) is 11.8 Å². The molecule has 7 nitrogen and oxygen atoms in total. The molecule has 1 atom stereocenters. The van der Waals surface area contributed by atoms with Crippen molar-refractivity contribution < 1.29 is 19.5 Å². The van der Waals surface area contributed by atoms with E-state index in [0.717, 1.165) is 12.8 Å². The van der Waals surface area contributed by atoms with Gasteiger partial charge < -0.3 is 15.3 Å². The van der Waals surface area contributed by atoms with E-state index in [0.29, 0.717) is 23.1 Å². The molecule has 0 radical (unpaired) electrons. The van der Waals surface area contributed by atoms with Gasteiger partial charge in [0.25, 0.3) is 0 Å². The molecule has 0 bridgehead atoms. The van der Waals surface area contributed by atoms with Crippen LogP contribution in [0.25, 0.3) is 0 Å². The lowest BCUT2D eigenvalue weighted by atomic mass is 10.2. The number of carbonyl (C=O) groups excluding carboxylic acids is 2. The van der Waals surface area contributed by atoms with Crippen LogP contribution in [0.5, 0.6) is 0 Å². The number of aromatic nitrogens is 1. The highest BCUT2D eigenvalue weighted by Crippen LogP contribution is 2.22. The maximum Gasteiger partial charge on any atom is 0.355 e. The molecule has 2 amide bonds. The summed E-state index contributed by atoms with van der Waals surface area (Å²) in [5.74, 6) is -0.159. The van der Waals surface area contributed by atoms with Crippen molar-refractivity contribution in [2.75, 3.05) is 11.6 Å². The van der Waals surface area contributed by atoms with Crippen LogP contribution in [0.2, 0.25) is 0 Å². The largest absolute Gasteiger partial charge is 0.476 e. The maximum atomic E-state index is 12.3. The summed E-state index contributed by atoms with van der Waals surface area (Å²) in [7, 11) is 0. The van der Waals surface area contributed by atoms with Crippen molar-refractivity contribution in [3.63, 3.8) is 0 Å². The van der Waals surface area contributed by atoms with E-state index in [1.165, 1.54) is 16.7 Å². The Labute approximate surface area is 142 Å². The van der Waals surface area contributed by atoms with Gasteiger partial charge in [-0.1, -0.05) is 13.3 Å². The first-order valence-electron chi connectivity index (χ1n) is 7.35. The summed E-state index contributed by atoms with van der Waals surface area (Å²) in [4.78, 5) is 40.7. The number of unbranched alkanes of at least 4 members (excludes halogenated alkanes) is 1. The summed E-state index contributed by atoms with van der Waals surface area (Å²) in [5, 5.41) is 13.5. The number of hydrogen-bond donors (Lipinski definition) is 2. The second-order valence-corrected chi connectivity index (χ2v) is 7.07. The van der Waals surface area contributed by atoms with Gasteiger partial charge in [0.05, 0.1) is 12.4 Å². The fraction of sp³-hybridized carbons (Fsp3) is 0.571. The Balaban J connectivity index is 1.88. The number of carbonyl (C=O) groups is 3. The lowest BCUT2D eigenvalue weighted by molar-refractivity contribution is -0.138. The number of amides is 2. The number of nitrogens with zero attached hydrogens (tertiary/aromatic N) is 2. The molecule has 1 aromatic rings. The summed E-state index contributed by atoms with van der Waals surface area (Å²) in [6, 6.07) is -0.455. The van der Waals surface area contributed by atoms with Gasteiger partial charge in [-0.3, -0.25) is 9.59 Å². The number of rotatable bonds is 7. The predicted octanol–water partition coefficient (Wildman–Crippen LogP) is 1.55. The topological polar surface area (TPSA) is 99.6 Å². The Hall–Kier alpha value is -1.61. The smallest absolute Gasteiger partial charge is 0.355 e. The third-order valence-corrected chi connectivity index (χ3v) is 5.30. The molecule has 1 fully saturated rings. The molecule has 0 saturated carbocycles. The van der Waals surface area contributed by atoms with E-state index in [4.69, 9.17) is 5.11 Å². The predicted molar refractivity (Wildman–Crippen MR) is 88.4 cm³/mol. The molecular formula is C14H19N3O4S2. The zero-order valence-electron chi connectivity index (χ0n) is 12.8. The zero-order valence-corrected chi connectivity index (χ0v) is 14.4. The lowest BCUT2D eigenvalue weighted by Crippen LogP contribution is -2.47. The van der Waals surface area contributed by atoms with Crippen molar-refractivity contribution in [2.24, 2.45) is 0 Å².